The van der Waals surface area contributed by atoms with Gasteiger partial charge in [0.05, 0.1) is 16.9 Å². The molecule has 4 aromatic rings. The van der Waals surface area contributed by atoms with Gasteiger partial charge in [0.15, 0.2) is 5.69 Å². The number of aromatic amines is 1. The van der Waals surface area contributed by atoms with Crippen LogP contribution in [0.15, 0.2) is 73.1 Å². The van der Waals surface area contributed by atoms with Gasteiger partial charge in [0.25, 0.3) is 5.91 Å². The SMILES string of the molecule is O=C(Nc1ccc(Cl)c(-c2ncc(-c3ccccc3)[nH]2)c1)c1ncccc1O. The van der Waals surface area contributed by atoms with Crippen LogP contribution in [0.5, 0.6) is 5.75 Å². The van der Waals surface area contributed by atoms with Gasteiger partial charge in [-0.3, -0.25) is 4.79 Å². The summed E-state index contributed by atoms with van der Waals surface area (Å²) in [5, 5.41) is 13.0. The third-order valence-corrected chi connectivity index (χ3v) is 4.47. The molecule has 0 atom stereocenters. The quantitative estimate of drug-likeness (QED) is 0.469. The molecule has 0 aliphatic heterocycles. The lowest BCUT2D eigenvalue weighted by Gasteiger charge is -2.08. The van der Waals surface area contributed by atoms with Crippen LogP contribution in [0.2, 0.25) is 5.02 Å². The van der Waals surface area contributed by atoms with Crippen LogP contribution in [0.1, 0.15) is 10.5 Å². The maximum absolute atomic E-state index is 12.4. The Balaban J connectivity index is 1.62. The minimum Gasteiger partial charge on any atom is -0.505 e. The number of nitrogens with one attached hydrogen (secondary N) is 2. The van der Waals surface area contributed by atoms with E-state index in [4.69, 9.17) is 11.6 Å². The predicted molar refractivity (Wildman–Crippen MR) is 108 cm³/mol. The molecule has 2 aromatic carbocycles. The van der Waals surface area contributed by atoms with Crippen LogP contribution < -0.4 is 5.32 Å². The Morgan fingerprint density at radius 3 is 2.64 bits per heavy atom. The number of pyridine rings is 1. The summed E-state index contributed by atoms with van der Waals surface area (Å²) in [5.74, 6) is -0.121. The van der Waals surface area contributed by atoms with Crippen LogP contribution in [0.25, 0.3) is 22.6 Å². The van der Waals surface area contributed by atoms with E-state index in [1.54, 1.807) is 30.5 Å². The average Bonchev–Trinajstić information content (AvgIpc) is 3.20. The van der Waals surface area contributed by atoms with E-state index in [2.05, 4.69) is 20.3 Å². The summed E-state index contributed by atoms with van der Waals surface area (Å²) in [4.78, 5) is 23.9. The normalized spacial score (nSPS) is 10.6. The molecule has 0 saturated heterocycles. The molecule has 0 radical (unpaired) electrons. The lowest BCUT2D eigenvalue weighted by molar-refractivity contribution is 0.101. The Morgan fingerprint density at radius 1 is 1.04 bits per heavy atom. The number of carbonyl (C=O) groups excluding carboxylic acids is 1. The first-order valence-electron chi connectivity index (χ1n) is 8.47. The number of imidazole rings is 1. The molecule has 0 saturated carbocycles. The molecule has 3 N–H and O–H groups in total. The van der Waals surface area contributed by atoms with Gasteiger partial charge in [0.1, 0.15) is 11.6 Å². The fourth-order valence-electron chi connectivity index (χ4n) is 2.77. The second-order valence-electron chi connectivity index (χ2n) is 6.03. The Labute approximate surface area is 165 Å². The Bertz CT molecular complexity index is 1140. The molecule has 2 heterocycles. The number of carbonyl (C=O) groups is 1. The van der Waals surface area contributed by atoms with Gasteiger partial charge in [-0.15, -0.1) is 0 Å². The van der Waals surface area contributed by atoms with E-state index < -0.39 is 5.91 Å². The highest BCUT2D eigenvalue weighted by atomic mass is 35.5. The van der Waals surface area contributed by atoms with Crippen molar-refractivity contribution in [2.24, 2.45) is 0 Å². The van der Waals surface area contributed by atoms with Crippen molar-refractivity contribution in [3.05, 3.63) is 83.8 Å². The molecule has 0 unspecified atom stereocenters. The smallest absolute Gasteiger partial charge is 0.278 e. The van der Waals surface area contributed by atoms with Crippen molar-refractivity contribution < 1.29 is 9.90 Å². The number of H-pyrrole nitrogens is 1. The second-order valence-corrected chi connectivity index (χ2v) is 6.44. The zero-order chi connectivity index (χ0) is 19.5. The molecule has 0 bridgehead atoms. The van der Waals surface area contributed by atoms with Crippen LogP contribution in [0.3, 0.4) is 0 Å². The van der Waals surface area contributed by atoms with Crippen molar-refractivity contribution in [1.82, 2.24) is 15.0 Å². The maximum Gasteiger partial charge on any atom is 0.278 e. The molecule has 1 amide bonds. The molecule has 138 valence electrons. The lowest BCUT2D eigenvalue weighted by atomic mass is 10.1. The van der Waals surface area contributed by atoms with Crippen molar-refractivity contribution in [2.75, 3.05) is 5.32 Å². The molecule has 2 aromatic heterocycles. The standard InChI is InChI=1S/C21H15ClN4O2/c22-16-9-8-14(25-21(28)19-18(27)7-4-10-23-19)11-15(16)20-24-12-17(26-20)13-5-2-1-3-6-13/h1-12,27H,(H,24,26)(H,25,28). The maximum atomic E-state index is 12.4. The summed E-state index contributed by atoms with van der Waals surface area (Å²) in [6.45, 7) is 0. The van der Waals surface area contributed by atoms with E-state index in [0.29, 0.717) is 22.1 Å². The molecule has 0 spiro atoms. The fraction of sp³-hybridized carbons (Fsp3) is 0. The summed E-state index contributed by atoms with van der Waals surface area (Å²) in [7, 11) is 0. The van der Waals surface area contributed by atoms with Crippen LogP contribution >= 0.6 is 11.6 Å². The predicted octanol–water partition coefficient (Wildman–Crippen LogP) is 4.75. The van der Waals surface area contributed by atoms with Crippen LogP contribution in [0.4, 0.5) is 5.69 Å². The van der Waals surface area contributed by atoms with Crippen molar-refractivity contribution in [2.45, 2.75) is 0 Å². The monoisotopic (exact) mass is 390 g/mol. The highest BCUT2D eigenvalue weighted by Gasteiger charge is 2.15. The first-order chi connectivity index (χ1) is 13.6. The first-order valence-corrected chi connectivity index (χ1v) is 8.85. The highest BCUT2D eigenvalue weighted by molar-refractivity contribution is 6.33. The molecule has 6 nitrogen and oxygen atoms in total. The summed E-state index contributed by atoms with van der Waals surface area (Å²) < 4.78 is 0. The summed E-state index contributed by atoms with van der Waals surface area (Å²) in [6.07, 6.45) is 3.17. The molecule has 0 aliphatic rings. The Hall–Kier alpha value is -3.64. The zero-order valence-electron chi connectivity index (χ0n) is 14.6. The molecule has 0 fully saturated rings. The number of aromatic nitrogens is 3. The lowest BCUT2D eigenvalue weighted by Crippen LogP contribution is -2.13. The number of rotatable bonds is 4. The number of anilines is 1. The van der Waals surface area contributed by atoms with Crippen molar-refractivity contribution >= 4 is 23.2 Å². The van der Waals surface area contributed by atoms with Gasteiger partial charge in [-0.25, -0.2) is 9.97 Å². The van der Waals surface area contributed by atoms with Crippen molar-refractivity contribution in [1.29, 1.82) is 0 Å². The van der Waals surface area contributed by atoms with Gasteiger partial charge >= 0.3 is 0 Å². The van der Waals surface area contributed by atoms with Crippen LogP contribution in [-0.4, -0.2) is 26.0 Å². The van der Waals surface area contributed by atoms with Gasteiger partial charge in [0, 0.05) is 17.4 Å². The summed E-state index contributed by atoms with van der Waals surface area (Å²) in [5.41, 5.74) is 2.97. The van der Waals surface area contributed by atoms with E-state index >= 15 is 0 Å². The van der Waals surface area contributed by atoms with E-state index in [0.717, 1.165) is 11.3 Å². The Morgan fingerprint density at radius 2 is 1.86 bits per heavy atom. The van der Waals surface area contributed by atoms with Crippen LogP contribution in [0, 0.1) is 0 Å². The number of hydrogen-bond donors (Lipinski definition) is 3. The van der Waals surface area contributed by atoms with Crippen molar-refractivity contribution in [3.63, 3.8) is 0 Å². The van der Waals surface area contributed by atoms with Crippen LogP contribution in [-0.2, 0) is 0 Å². The highest BCUT2D eigenvalue weighted by Crippen LogP contribution is 2.30. The molecular formula is C21H15ClN4O2. The summed E-state index contributed by atoms with van der Waals surface area (Å²) in [6, 6.07) is 17.8. The first kappa shape index (κ1) is 17.8. The minimum atomic E-state index is -0.518. The van der Waals surface area contributed by atoms with E-state index in [1.165, 1.54) is 12.3 Å². The van der Waals surface area contributed by atoms with Gasteiger partial charge in [-0.2, -0.15) is 0 Å². The molecular weight excluding hydrogens is 376 g/mol. The third kappa shape index (κ3) is 3.58. The molecule has 28 heavy (non-hydrogen) atoms. The van der Waals surface area contributed by atoms with E-state index in [1.807, 2.05) is 30.3 Å². The average molecular weight is 391 g/mol. The fourth-order valence-corrected chi connectivity index (χ4v) is 2.98. The van der Waals surface area contributed by atoms with Gasteiger partial charge in [0.2, 0.25) is 0 Å². The number of benzene rings is 2. The number of nitrogens with zero attached hydrogens (tertiary/aromatic N) is 2. The van der Waals surface area contributed by atoms with Crippen molar-refractivity contribution in [3.8, 4) is 28.4 Å². The molecule has 0 aliphatic carbocycles. The zero-order valence-corrected chi connectivity index (χ0v) is 15.3. The molecule has 4 rings (SSSR count). The number of halogens is 1. The minimum absolute atomic E-state index is 0.0524. The number of amides is 1. The largest absolute Gasteiger partial charge is 0.505 e. The molecule has 7 heteroatoms. The van der Waals surface area contributed by atoms with Gasteiger partial charge in [-0.1, -0.05) is 41.9 Å². The third-order valence-electron chi connectivity index (χ3n) is 4.14. The second kappa shape index (κ2) is 7.54. The number of aromatic hydroxyl groups is 1. The van der Waals surface area contributed by atoms with Gasteiger partial charge in [-0.05, 0) is 35.9 Å². The Kier molecular flexibility index (Phi) is 4.78. The summed E-state index contributed by atoms with van der Waals surface area (Å²) >= 11 is 6.34. The van der Waals surface area contributed by atoms with Gasteiger partial charge < -0.3 is 15.4 Å². The van der Waals surface area contributed by atoms with E-state index in [9.17, 15) is 9.90 Å². The van der Waals surface area contributed by atoms with E-state index in [-0.39, 0.29) is 11.4 Å². The number of hydrogen-bond acceptors (Lipinski definition) is 4. The topological polar surface area (TPSA) is 90.9 Å².